The van der Waals surface area contributed by atoms with E-state index >= 15 is 0 Å². The molecule has 0 fully saturated rings. The Morgan fingerprint density at radius 1 is 1.27 bits per heavy atom. The van der Waals surface area contributed by atoms with Crippen molar-refractivity contribution in [2.45, 2.75) is 26.0 Å². The molecule has 1 aromatic carbocycles. The lowest BCUT2D eigenvalue weighted by molar-refractivity contribution is -0.384. The van der Waals surface area contributed by atoms with Gasteiger partial charge in [-0.05, 0) is 37.1 Å². The summed E-state index contributed by atoms with van der Waals surface area (Å²) in [5, 5.41) is 26.7. The number of carbonyl (C=O) groups excluding carboxylic acids is 1. The van der Waals surface area contributed by atoms with Crippen molar-refractivity contribution in [1.29, 1.82) is 0 Å². The first kappa shape index (κ1) is 24.0. The molecule has 10 nitrogen and oxygen atoms in total. The van der Waals surface area contributed by atoms with Crippen LogP contribution in [0.3, 0.4) is 0 Å². The molecule has 0 spiro atoms. The number of carbonyl (C=O) groups is 1. The van der Waals surface area contributed by atoms with Gasteiger partial charge in [-0.15, -0.1) is 0 Å². The first-order valence-electron chi connectivity index (χ1n) is 10.3. The summed E-state index contributed by atoms with van der Waals surface area (Å²) < 4.78 is 1.92. The van der Waals surface area contributed by atoms with Gasteiger partial charge in [-0.3, -0.25) is 14.9 Å². The van der Waals surface area contributed by atoms with Crippen molar-refractivity contribution in [3.05, 3.63) is 69.5 Å². The zero-order valence-electron chi connectivity index (χ0n) is 18.0. The molecule has 0 unspecified atom stereocenters. The smallest absolute Gasteiger partial charge is 0.311 e. The molecule has 0 aliphatic rings. The molecule has 2 aromatic heterocycles. The number of nitrogen functional groups attached to an aromatic ring is 1. The lowest BCUT2D eigenvalue weighted by Gasteiger charge is -2.08. The van der Waals surface area contributed by atoms with Crippen LogP contribution in [0.1, 0.15) is 23.7 Å². The number of hydrogen-bond acceptors (Lipinski definition) is 7. The van der Waals surface area contributed by atoms with Gasteiger partial charge < -0.3 is 26.0 Å². The number of benzene rings is 1. The number of aliphatic hydroxyl groups excluding tert-OH is 1. The Labute approximate surface area is 195 Å². The highest BCUT2D eigenvalue weighted by Crippen LogP contribution is 2.27. The van der Waals surface area contributed by atoms with E-state index in [1.165, 1.54) is 12.1 Å². The highest BCUT2D eigenvalue weighted by Gasteiger charge is 2.17. The summed E-state index contributed by atoms with van der Waals surface area (Å²) >= 11 is 5.99. The van der Waals surface area contributed by atoms with Crippen molar-refractivity contribution in [2.75, 3.05) is 24.1 Å². The molecule has 0 saturated heterocycles. The summed E-state index contributed by atoms with van der Waals surface area (Å²) in [5.41, 5.74) is 7.49. The Morgan fingerprint density at radius 2 is 2.00 bits per heavy atom. The van der Waals surface area contributed by atoms with Gasteiger partial charge >= 0.3 is 5.69 Å². The standard InChI is InChI=1S/C22H25ClN6O4/c1-14(30)11-26-22(31)18-13-28(12-17(18)15-3-5-16(23)6-4-15)10-2-9-25-20-8-7-19(29(32)33)21(24)27-20/h3-8,12-14,30H,2,9-11H2,1H3,(H,26,31)(H3,24,25,27)/t14-/m1/s1. The highest BCUT2D eigenvalue weighted by atomic mass is 35.5. The maximum Gasteiger partial charge on any atom is 0.311 e. The third kappa shape index (κ3) is 6.43. The molecular formula is C22H25ClN6O4. The predicted octanol–water partition coefficient (Wildman–Crippen LogP) is 3.31. The second-order valence-corrected chi connectivity index (χ2v) is 7.96. The molecule has 1 amide bonds. The largest absolute Gasteiger partial charge is 0.392 e. The van der Waals surface area contributed by atoms with Gasteiger partial charge in [0.2, 0.25) is 5.82 Å². The molecule has 11 heteroatoms. The SMILES string of the molecule is C[C@@H](O)CNC(=O)c1cn(CCCNc2ccc([N+](=O)[O-])c(N)n2)cc1-c1ccc(Cl)cc1. The summed E-state index contributed by atoms with van der Waals surface area (Å²) in [6.45, 7) is 2.91. The van der Waals surface area contributed by atoms with Crippen LogP contribution in [-0.2, 0) is 6.54 Å². The number of aryl methyl sites for hydroxylation is 1. The van der Waals surface area contributed by atoms with Crippen LogP contribution in [0.4, 0.5) is 17.3 Å². The van der Waals surface area contributed by atoms with Gasteiger partial charge in [0.15, 0.2) is 0 Å². The molecule has 1 atom stereocenters. The molecule has 5 N–H and O–H groups in total. The normalized spacial score (nSPS) is 11.7. The number of rotatable bonds is 10. The molecule has 33 heavy (non-hydrogen) atoms. The van der Waals surface area contributed by atoms with Crippen LogP contribution < -0.4 is 16.4 Å². The van der Waals surface area contributed by atoms with Crippen molar-refractivity contribution in [3.8, 4) is 11.1 Å². The van der Waals surface area contributed by atoms with Crippen LogP contribution in [0.5, 0.6) is 0 Å². The van der Waals surface area contributed by atoms with Crippen LogP contribution in [-0.4, -0.2) is 44.7 Å². The van der Waals surface area contributed by atoms with Crippen molar-refractivity contribution in [1.82, 2.24) is 14.9 Å². The Kier molecular flexibility index (Phi) is 7.86. The molecule has 2 heterocycles. The Balaban J connectivity index is 1.68. The minimum atomic E-state index is -0.650. The number of halogens is 1. The van der Waals surface area contributed by atoms with Crippen LogP contribution in [0.25, 0.3) is 11.1 Å². The summed E-state index contributed by atoms with van der Waals surface area (Å²) in [4.78, 5) is 27.0. The summed E-state index contributed by atoms with van der Waals surface area (Å²) in [5.74, 6) is 0.0322. The molecular weight excluding hydrogens is 448 g/mol. The van der Waals surface area contributed by atoms with E-state index in [0.29, 0.717) is 35.9 Å². The molecule has 0 aliphatic carbocycles. The van der Waals surface area contributed by atoms with Gasteiger partial charge in [0, 0.05) is 48.7 Å². The second kappa shape index (κ2) is 10.8. The van der Waals surface area contributed by atoms with Crippen LogP contribution in [0.2, 0.25) is 5.02 Å². The van der Waals surface area contributed by atoms with E-state index in [4.69, 9.17) is 17.3 Å². The van der Waals surface area contributed by atoms with E-state index in [0.717, 1.165) is 11.1 Å². The van der Waals surface area contributed by atoms with Crippen molar-refractivity contribution in [3.63, 3.8) is 0 Å². The van der Waals surface area contributed by atoms with Crippen LogP contribution >= 0.6 is 11.6 Å². The Morgan fingerprint density at radius 3 is 2.64 bits per heavy atom. The van der Waals surface area contributed by atoms with Crippen LogP contribution in [0.15, 0.2) is 48.8 Å². The van der Waals surface area contributed by atoms with E-state index in [-0.39, 0.29) is 24.0 Å². The first-order chi connectivity index (χ1) is 15.7. The highest BCUT2D eigenvalue weighted by molar-refractivity contribution is 6.30. The number of hydrogen-bond donors (Lipinski definition) is 4. The third-order valence-corrected chi connectivity index (χ3v) is 5.09. The average Bonchev–Trinajstić information content (AvgIpc) is 3.19. The number of nitrogens with one attached hydrogen (secondary N) is 2. The van der Waals surface area contributed by atoms with E-state index in [1.807, 2.05) is 22.9 Å². The number of pyridine rings is 1. The third-order valence-electron chi connectivity index (χ3n) is 4.84. The number of nitrogens with zero attached hydrogens (tertiary/aromatic N) is 3. The molecule has 3 rings (SSSR count). The lowest BCUT2D eigenvalue weighted by Crippen LogP contribution is -2.30. The van der Waals surface area contributed by atoms with Gasteiger partial charge in [0.1, 0.15) is 5.82 Å². The number of amides is 1. The number of anilines is 2. The molecule has 3 aromatic rings. The van der Waals surface area contributed by atoms with Gasteiger partial charge in [-0.1, -0.05) is 23.7 Å². The summed E-state index contributed by atoms with van der Waals surface area (Å²) in [6.07, 6.45) is 3.71. The maximum absolute atomic E-state index is 12.7. The molecule has 0 saturated carbocycles. The number of aliphatic hydroxyl groups is 1. The minimum Gasteiger partial charge on any atom is -0.392 e. The lowest BCUT2D eigenvalue weighted by atomic mass is 10.0. The quantitative estimate of drug-likeness (QED) is 0.201. The first-order valence-corrected chi connectivity index (χ1v) is 10.7. The number of nitro groups is 1. The van der Waals surface area contributed by atoms with Gasteiger partial charge in [-0.2, -0.15) is 0 Å². The fourth-order valence-corrected chi connectivity index (χ4v) is 3.34. The van der Waals surface area contributed by atoms with Gasteiger partial charge in [0.25, 0.3) is 5.91 Å². The molecule has 174 valence electrons. The van der Waals surface area contributed by atoms with Gasteiger partial charge in [-0.25, -0.2) is 4.98 Å². The Hall–Kier alpha value is -3.63. The second-order valence-electron chi connectivity index (χ2n) is 7.53. The molecule has 0 bridgehead atoms. The number of aromatic nitrogens is 2. The summed E-state index contributed by atoms with van der Waals surface area (Å²) in [6, 6.07) is 10.0. The maximum atomic E-state index is 12.7. The zero-order chi connectivity index (χ0) is 24.0. The topological polar surface area (TPSA) is 148 Å². The number of nitrogens with two attached hydrogens (primary N) is 1. The summed E-state index contributed by atoms with van der Waals surface area (Å²) in [7, 11) is 0. The van der Waals surface area contributed by atoms with Gasteiger partial charge in [0.05, 0.1) is 16.6 Å². The van der Waals surface area contributed by atoms with Crippen molar-refractivity contribution < 1.29 is 14.8 Å². The fraction of sp³-hybridized carbons (Fsp3) is 0.273. The van der Waals surface area contributed by atoms with Crippen LogP contribution in [0, 0.1) is 10.1 Å². The molecule has 0 aliphatic heterocycles. The van der Waals surface area contributed by atoms with Crippen molar-refractivity contribution >= 4 is 34.8 Å². The zero-order valence-corrected chi connectivity index (χ0v) is 18.7. The van der Waals surface area contributed by atoms with E-state index in [1.54, 1.807) is 25.3 Å². The monoisotopic (exact) mass is 472 g/mol. The van der Waals surface area contributed by atoms with Crippen molar-refractivity contribution in [2.24, 2.45) is 0 Å². The average molecular weight is 473 g/mol. The Bertz CT molecular complexity index is 1130. The minimum absolute atomic E-state index is 0.143. The van der Waals surface area contributed by atoms with E-state index in [2.05, 4.69) is 15.6 Å². The predicted molar refractivity (Wildman–Crippen MR) is 127 cm³/mol. The van der Waals surface area contributed by atoms with E-state index < -0.39 is 11.0 Å². The molecule has 0 radical (unpaired) electrons. The van der Waals surface area contributed by atoms with E-state index in [9.17, 15) is 20.0 Å². The fourth-order valence-electron chi connectivity index (χ4n) is 3.21.